The van der Waals surface area contributed by atoms with Crippen molar-refractivity contribution in [2.24, 2.45) is 0 Å². The molecule has 1 atom stereocenters. The van der Waals surface area contributed by atoms with Gasteiger partial charge in [0.25, 0.3) is 0 Å². The number of carbonyl (C=O) groups excluding carboxylic acids is 2. The van der Waals surface area contributed by atoms with Crippen LogP contribution in [0.25, 0.3) is 0 Å². The van der Waals surface area contributed by atoms with Gasteiger partial charge in [-0.25, -0.2) is 0 Å². The Kier molecular flexibility index (Phi) is 8.20. The maximum atomic E-state index is 12.4. The Morgan fingerprint density at radius 2 is 1.78 bits per heavy atom. The van der Waals surface area contributed by atoms with E-state index in [0.717, 1.165) is 17.7 Å². The second-order valence-electron chi connectivity index (χ2n) is 6.20. The van der Waals surface area contributed by atoms with Crippen LogP contribution in [0, 0.1) is 6.92 Å². The van der Waals surface area contributed by atoms with Crippen molar-refractivity contribution < 1.29 is 14.3 Å². The van der Waals surface area contributed by atoms with Gasteiger partial charge in [0.2, 0.25) is 11.8 Å². The minimum absolute atomic E-state index is 0.129. The van der Waals surface area contributed by atoms with E-state index in [1.54, 1.807) is 6.92 Å². The highest BCUT2D eigenvalue weighted by atomic mass is 32.2. The first-order chi connectivity index (χ1) is 13.0. The molecule has 2 rings (SSSR count). The van der Waals surface area contributed by atoms with Gasteiger partial charge in [-0.1, -0.05) is 36.8 Å². The predicted molar refractivity (Wildman–Crippen MR) is 113 cm³/mol. The summed E-state index contributed by atoms with van der Waals surface area (Å²) in [6, 6.07) is 15.0. The Morgan fingerprint density at radius 3 is 2.48 bits per heavy atom. The number of para-hydroxylation sites is 2. The first-order valence-electron chi connectivity index (χ1n) is 9.00. The van der Waals surface area contributed by atoms with Crippen LogP contribution >= 0.6 is 11.8 Å². The third kappa shape index (κ3) is 6.98. The summed E-state index contributed by atoms with van der Waals surface area (Å²) in [5.41, 5.74) is 2.54. The summed E-state index contributed by atoms with van der Waals surface area (Å²) in [6.45, 7) is 6.40. The molecule has 2 N–H and O–H groups in total. The van der Waals surface area contributed by atoms with Crippen LogP contribution in [-0.2, 0) is 9.59 Å². The highest BCUT2D eigenvalue weighted by molar-refractivity contribution is 8.01. The Morgan fingerprint density at radius 1 is 1.07 bits per heavy atom. The smallest absolute Gasteiger partial charge is 0.237 e. The number of thioether (sulfide) groups is 1. The molecule has 0 aliphatic rings. The van der Waals surface area contributed by atoms with Crippen LogP contribution in [0.4, 0.5) is 11.4 Å². The van der Waals surface area contributed by atoms with Gasteiger partial charge < -0.3 is 15.4 Å². The second kappa shape index (κ2) is 10.6. The molecule has 0 bridgehead atoms. The van der Waals surface area contributed by atoms with Crippen molar-refractivity contribution in [1.82, 2.24) is 0 Å². The molecule has 144 valence electrons. The summed E-state index contributed by atoms with van der Waals surface area (Å²) in [5.74, 6) is 0.573. The molecule has 0 radical (unpaired) electrons. The van der Waals surface area contributed by atoms with Crippen LogP contribution in [0.1, 0.15) is 25.8 Å². The highest BCUT2D eigenvalue weighted by Crippen LogP contribution is 2.25. The Balaban J connectivity index is 1.83. The third-order valence-electron chi connectivity index (χ3n) is 3.78. The van der Waals surface area contributed by atoms with E-state index in [2.05, 4.69) is 10.6 Å². The van der Waals surface area contributed by atoms with Crippen LogP contribution in [-0.4, -0.2) is 29.4 Å². The van der Waals surface area contributed by atoms with Gasteiger partial charge in [0.15, 0.2) is 0 Å². The molecular weight excluding hydrogens is 360 g/mol. The monoisotopic (exact) mass is 386 g/mol. The maximum Gasteiger partial charge on any atom is 0.237 e. The molecule has 0 saturated carbocycles. The number of anilines is 2. The van der Waals surface area contributed by atoms with Gasteiger partial charge in [-0.15, -0.1) is 11.8 Å². The first kappa shape index (κ1) is 20.8. The SMILES string of the molecule is CCCOc1ccccc1NC(=O)C(C)SCC(=O)Nc1ccc(C)cc1. The molecular formula is C21H26N2O3S. The van der Waals surface area contributed by atoms with Crippen molar-refractivity contribution in [2.75, 3.05) is 23.0 Å². The number of amides is 2. The van der Waals surface area contributed by atoms with E-state index in [1.165, 1.54) is 11.8 Å². The van der Waals surface area contributed by atoms with Gasteiger partial charge in [-0.05, 0) is 44.5 Å². The molecule has 1 unspecified atom stereocenters. The molecule has 2 amide bonds. The molecule has 0 aromatic heterocycles. The van der Waals surface area contributed by atoms with Gasteiger partial charge >= 0.3 is 0 Å². The van der Waals surface area contributed by atoms with Crippen molar-refractivity contribution in [3.63, 3.8) is 0 Å². The summed E-state index contributed by atoms with van der Waals surface area (Å²) < 4.78 is 5.65. The Labute approximate surface area is 164 Å². The van der Waals surface area contributed by atoms with Crippen LogP contribution in [0.15, 0.2) is 48.5 Å². The summed E-state index contributed by atoms with van der Waals surface area (Å²) in [6.07, 6.45) is 0.893. The first-order valence-corrected chi connectivity index (χ1v) is 10.0. The normalized spacial score (nSPS) is 11.5. The standard InChI is InChI=1S/C21H26N2O3S/c1-4-13-26-19-8-6-5-7-18(19)23-21(25)16(3)27-14-20(24)22-17-11-9-15(2)10-12-17/h5-12,16H,4,13-14H2,1-3H3,(H,22,24)(H,23,25). The van der Waals surface area contributed by atoms with Crippen molar-refractivity contribution >= 4 is 35.0 Å². The molecule has 0 spiro atoms. The third-order valence-corrected chi connectivity index (χ3v) is 4.92. The molecule has 0 aliphatic heterocycles. The van der Waals surface area contributed by atoms with Crippen molar-refractivity contribution in [3.8, 4) is 5.75 Å². The van der Waals surface area contributed by atoms with Gasteiger partial charge in [0, 0.05) is 5.69 Å². The molecule has 27 heavy (non-hydrogen) atoms. The fourth-order valence-corrected chi connectivity index (χ4v) is 2.94. The predicted octanol–water partition coefficient (Wildman–Crippen LogP) is 4.48. The Bertz CT molecular complexity index is 762. The van der Waals surface area contributed by atoms with E-state index in [4.69, 9.17) is 4.74 Å². The molecule has 2 aromatic rings. The molecule has 0 aliphatic carbocycles. The zero-order chi connectivity index (χ0) is 19.6. The van der Waals surface area contributed by atoms with Gasteiger partial charge in [-0.3, -0.25) is 9.59 Å². The van der Waals surface area contributed by atoms with Crippen molar-refractivity contribution in [1.29, 1.82) is 0 Å². The van der Waals surface area contributed by atoms with Crippen LogP contribution in [0.5, 0.6) is 5.75 Å². The molecule has 2 aromatic carbocycles. The summed E-state index contributed by atoms with van der Waals surface area (Å²) in [7, 11) is 0. The molecule has 0 fully saturated rings. The lowest BCUT2D eigenvalue weighted by Gasteiger charge is -2.15. The van der Waals surface area contributed by atoms with E-state index in [1.807, 2.05) is 62.4 Å². The van der Waals surface area contributed by atoms with E-state index in [9.17, 15) is 9.59 Å². The largest absolute Gasteiger partial charge is 0.491 e. The van der Waals surface area contributed by atoms with Gasteiger partial charge in [-0.2, -0.15) is 0 Å². The lowest BCUT2D eigenvalue weighted by Crippen LogP contribution is -2.25. The maximum absolute atomic E-state index is 12.4. The van der Waals surface area contributed by atoms with E-state index in [-0.39, 0.29) is 22.8 Å². The molecule has 0 saturated heterocycles. The average molecular weight is 387 g/mol. The van der Waals surface area contributed by atoms with Gasteiger partial charge in [0.05, 0.1) is 23.3 Å². The minimum atomic E-state index is -0.368. The van der Waals surface area contributed by atoms with E-state index >= 15 is 0 Å². The lowest BCUT2D eigenvalue weighted by molar-refractivity contribution is -0.115. The number of hydrogen-bond donors (Lipinski definition) is 2. The fraction of sp³-hybridized carbons (Fsp3) is 0.333. The number of hydrogen-bond acceptors (Lipinski definition) is 4. The minimum Gasteiger partial charge on any atom is -0.491 e. The zero-order valence-corrected chi connectivity index (χ0v) is 16.8. The fourth-order valence-electron chi connectivity index (χ4n) is 2.25. The highest BCUT2D eigenvalue weighted by Gasteiger charge is 2.17. The number of aryl methyl sites for hydroxylation is 1. The second-order valence-corrected chi connectivity index (χ2v) is 7.53. The summed E-state index contributed by atoms with van der Waals surface area (Å²) >= 11 is 1.29. The molecule has 5 nitrogen and oxygen atoms in total. The summed E-state index contributed by atoms with van der Waals surface area (Å²) in [5, 5.41) is 5.35. The molecule has 0 heterocycles. The summed E-state index contributed by atoms with van der Waals surface area (Å²) in [4.78, 5) is 24.5. The number of benzene rings is 2. The number of nitrogens with one attached hydrogen (secondary N) is 2. The number of carbonyl (C=O) groups is 2. The lowest BCUT2D eigenvalue weighted by atomic mass is 10.2. The van der Waals surface area contributed by atoms with Crippen LogP contribution in [0.3, 0.4) is 0 Å². The number of ether oxygens (including phenoxy) is 1. The van der Waals surface area contributed by atoms with E-state index < -0.39 is 0 Å². The number of rotatable bonds is 9. The van der Waals surface area contributed by atoms with Crippen molar-refractivity contribution in [2.45, 2.75) is 32.4 Å². The zero-order valence-electron chi connectivity index (χ0n) is 16.0. The van der Waals surface area contributed by atoms with Gasteiger partial charge in [0.1, 0.15) is 5.75 Å². The average Bonchev–Trinajstić information content (AvgIpc) is 2.67. The quantitative estimate of drug-likeness (QED) is 0.667. The van der Waals surface area contributed by atoms with E-state index in [0.29, 0.717) is 18.0 Å². The molecule has 6 heteroatoms. The van der Waals surface area contributed by atoms with Crippen LogP contribution < -0.4 is 15.4 Å². The topological polar surface area (TPSA) is 67.4 Å². The Hall–Kier alpha value is -2.47. The van der Waals surface area contributed by atoms with Crippen molar-refractivity contribution in [3.05, 3.63) is 54.1 Å². The van der Waals surface area contributed by atoms with Crippen LogP contribution in [0.2, 0.25) is 0 Å².